The monoisotopic (exact) mass is 601 g/mol. The SMILES string of the molecule is CCNC(=O)C(Cc1ccccc1)N(Cc1ccc(Br)cc1)C(=O)CN(c1ccc(OC)cc1)S(C)(=O)=O. The normalized spacial score (nSPS) is 11.9. The van der Waals surface area contributed by atoms with Gasteiger partial charge in [0.15, 0.2) is 0 Å². The van der Waals surface area contributed by atoms with Gasteiger partial charge in [0, 0.05) is 24.0 Å². The molecule has 0 radical (unpaired) electrons. The van der Waals surface area contributed by atoms with Crippen molar-refractivity contribution < 1.29 is 22.7 Å². The van der Waals surface area contributed by atoms with Crippen LogP contribution in [0.25, 0.3) is 0 Å². The lowest BCUT2D eigenvalue weighted by Crippen LogP contribution is -2.53. The van der Waals surface area contributed by atoms with Gasteiger partial charge in [-0.05, 0) is 54.4 Å². The highest BCUT2D eigenvalue weighted by Crippen LogP contribution is 2.23. The number of halogens is 1. The number of carbonyl (C=O) groups is 2. The van der Waals surface area contributed by atoms with Crippen LogP contribution in [-0.2, 0) is 32.6 Å². The molecule has 3 rings (SSSR count). The minimum atomic E-state index is -3.82. The van der Waals surface area contributed by atoms with Gasteiger partial charge in [0.1, 0.15) is 18.3 Å². The van der Waals surface area contributed by atoms with Gasteiger partial charge >= 0.3 is 0 Å². The summed E-state index contributed by atoms with van der Waals surface area (Å²) in [7, 11) is -2.31. The summed E-state index contributed by atoms with van der Waals surface area (Å²) in [4.78, 5) is 28.7. The number of methoxy groups -OCH3 is 1. The topological polar surface area (TPSA) is 96.0 Å². The highest BCUT2D eigenvalue weighted by molar-refractivity contribution is 9.10. The van der Waals surface area contributed by atoms with Crippen molar-refractivity contribution in [2.45, 2.75) is 25.9 Å². The molecule has 10 heteroatoms. The zero-order valence-corrected chi connectivity index (χ0v) is 24.0. The molecule has 0 bridgehead atoms. The van der Waals surface area contributed by atoms with Gasteiger partial charge in [-0.25, -0.2) is 8.42 Å². The Bertz CT molecular complexity index is 1320. The van der Waals surface area contributed by atoms with E-state index in [9.17, 15) is 18.0 Å². The maximum atomic E-state index is 13.9. The zero-order valence-electron chi connectivity index (χ0n) is 21.6. The Kier molecular flexibility index (Phi) is 10.3. The summed E-state index contributed by atoms with van der Waals surface area (Å²) in [5, 5.41) is 2.84. The summed E-state index contributed by atoms with van der Waals surface area (Å²) in [6.45, 7) is 1.87. The number of likely N-dealkylation sites (N-methyl/N-ethyl adjacent to an activating group) is 1. The molecule has 1 unspecified atom stereocenters. The summed E-state index contributed by atoms with van der Waals surface area (Å²) >= 11 is 3.42. The second kappa shape index (κ2) is 13.4. The first-order valence-corrected chi connectivity index (χ1v) is 14.7. The van der Waals surface area contributed by atoms with Gasteiger partial charge < -0.3 is 15.0 Å². The van der Waals surface area contributed by atoms with Crippen LogP contribution in [-0.4, -0.2) is 57.6 Å². The highest BCUT2D eigenvalue weighted by Gasteiger charge is 2.32. The molecule has 0 aliphatic heterocycles. The quantitative estimate of drug-likeness (QED) is 0.338. The van der Waals surface area contributed by atoms with Crippen molar-refractivity contribution in [3.63, 3.8) is 0 Å². The second-order valence-electron chi connectivity index (χ2n) is 8.72. The van der Waals surface area contributed by atoms with E-state index in [0.29, 0.717) is 18.0 Å². The van der Waals surface area contributed by atoms with Crippen LogP contribution in [0.3, 0.4) is 0 Å². The number of sulfonamides is 1. The van der Waals surface area contributed by atoms with E-state index in [1.807, 2.05) is 61.5 Å². The Balaban J connectivity index is 2.01. The van der Waals surface area contributed by atoms with Crippen molar-refractivity contribution in [1.82, 2.24) is 10.2 Å². The van der Waals surface area contributed by atoms with Gasteiger partial charge in [-0.15, -0.1) is 0 Å². The molecule has 38 heavy (non-hydrogen) atoms. The lowest BCUT2D eigenvalue weighted by molar-refractivity contribution is -0.140. The van der Waals surface area contributed by atoms with E-state index in [1.165, 1.54) is 12.0 Å². The number of hydrogen-bond acceptors (Lipinski definition) is 5. The first kappa shape index (κ1) is 29.2. The van der Waals surface area contributed by atoms with Crippen molar-refractivity contribution in [3.8, 4) is 5.75 Å². The number of carbonyl (C=O) groups excluding carboxylic acids is 2. The number of anilines is 1. The van der Waals surface area contributed by atoms with E-state index in [0.717, 1.165) is 26.2 Å². The second-order valence-corrected chi connectivity index (χ2v) is 11.5. The van der Waals surface area contributed by atoms with Crippen molar-refractivity contribution in [2.75, 3.05) is 30.8 Å². The highest BCUT2D eigenvalue weighted by atomic mass is 79.9. The van der Waals surface area contributed by atoms with Crippen LogP contribution in [0.5, 0.6) is 5.75 Å². The minimum absolute atomic E-state index is 0.126. The van der Waals surface area contributed by atoms with Crippen molar-refractivity contribution in [1.29, 1.82) is 0 Å². The first-order valence-electron chi connectivity index (χ1n) is 12.1. The fraction of sp³-hybridized carbons (Fsp3) is 0.286. The molecule has 202 valence electrons. The molecule has 3 aromatic rings. The third-order valence-electron chi connectivity index (χ3n) is 5.93. The molecular formula is C28H32BrN3O5S. The number of ether oxygens (including phenoxy) is 1. The van der Waals surface area contributed by atoms with Crippen molar-refractivity contribution in [3.05, 3.63) is 94.5 Å². The molecule has 0 aliphatic carbocycles. The number of hydrogen-bond donors (Lipinski definition) is 1. The minimum Gasteiger partial charge on any atom is -0.497 e. The summed E-state index contributed by atoms with van der Waals surface area (Å²) < 4.78 is 32.7. The first-order chi connectivity index (χ1) is 18.1. The van der Waals surface area contributed by atoms with E-state index < -0.39 is 28.5 Å². The summed E-state index contributed by atoms with van der Waals surface area (Å²) in [6, 6.07) is 22.4. The van der Waals surface area contributed by atoms with Gasteiger partial charge in [-0.2, -0.15) is 0 Å². The van der Waals surface area contributed by atoms with Crippen molar-refractivity contribution in [2.24, 2.45) is 0 Å². The Morgan fingerprint density at radius 2 is 1.58 bits per heavy atom. The molecule has 2 amide bonds. The molecule has 0 heterocycles. The zero-order chi connectivity index (χ0) is 27.7. The van der Waals surface area contributed by atoms with Crippen molar-refractivity contribution >= 4 is 43.5 Å². The average molecular weight is 603 g/mol. The fourth-order valence-corrected chi connectivity index (χ4v) is 5.11. The number of nitrogens with one attached hydrogen (secondary N) is 1. The maximum Gasteiger partial charge on any atom is 0.244 e. The average Bonchev–Trinajstić information content (AvgIpc) is 2.90. The van der Waals surface area contributed by atoms with Crippen LogP contribution in [0.2, 0.25) is 0 Å². The van der Waals surface area contributed by atoms with Crippen LogP contribution in [0.15, 0.2) is 83.3 Å². The Morgan fingerprint density at radius 3 is 2.13 bits per heavy atom. The predicted molar refractivity (Wildman–Crippen MR) is 152 cm³/mol. The van der Waals surface area contributed by atoms with E-state index in [-0.39, 0.29) is 18.9 Å². The van der Waals surface area contributed by atoms with Gasteiger partial charge in [-0.3, -0.25) is 13.9 Å². The van der Waals surface area contributed by atoms with Gasteiger partial charge in [0.2, 0.25) is 21.8 Å². The summed E-state index contributed by atoms with van der Waals surface area (Å²) in [5.74, 6) is -0.247. The molecule has 0 saturated carbocycles. The van der Waals surface area contributed by atoms with Gasteiger partial charge in [0.25, 0.3) is 0 Å². The maximum absolute atomic E-state index is 13.9. The standard InChI is InChI=1S/C28H32BrN3O5S/c1-4-30-28(34)26(18-21-8-6-5-7-9-21)31(19-22-10-12-23(29)13-11-22)27(33)20-32(38(3,35)36)24-14-16-25(37-2)17-15-24/h5-17,26H,4,18-20H2,1-3H3,(H,30,34). The van der Waals surface area contributed by atoms with E-state index in [4.69, 9.17) is 4.74 Å². The Hall–Kier alpha value is -3.37. The van der Waals surface area contributed by atoms with Crippen LogP contribution in [0.4, 0.5) is 5.69 Å². The molecule has 0 saturated heterocycles. The van der Waals surface area contributed by atoms with E-state index >= 15 is 0 Å². The molecular weight excluding hydrogens is 570 g/mol. The summed E-state index contributed by atoms with van der Waals surface area (Å²) in [5.41, 5.74) is 2.01. The molecule has 0 spiro atoms. The molecule has 3 aromatic carbocycles. The van der Waals surface area contributed by atoms with Gasteiger partial charge in [-0.1, -0.05) is 58.4 Å². The lowest BCUT2D eigenvalue weighted by Gasteiger charge is -2.33. The number of amides is 2. The van der Waals surface area contributed by atoms with E-state index in [1.54, 1.807) is 24.3 Å². The van der Waals surface area contributed by atoms with Crippen LogP contribution < -0.4 is 14.4 Å². The molecule has 8 nitrogen and oxygen atoms in total. The molecule has 0 aromatic heterocycles. The third kappa shape index (κ3) is 8.06. The van der Waals surface area contributed by atoms with Crippen LogP contribution >= 0.6 is 15.9 Å². The molecule has 1 N–H and O–H groups in total. The third-order valence-corrected chi connectivity index (χ3v) is 7.60. The smallest absolute Gasteiger partial charge is 0.244 e. The number of benzene rings is 3. The molecule has 1 atom stereocenters. The molecule has 0 aliphatic rings. The Morgan fingerprint density at radius 1 is 0.947 bits per heavy atom. The Labute approximate surface area is 232 Å². The van der Waals surface area contributed by atoms with Crippen LogP contribution in [0.1, 0.15) is 18.1 Å². The van der Waals surface area contributed by atoms with Crippen LogP contribution in [0, 0.1) is 0 Å². The summed E-state index contributed by atoms with van der Waals surface area (Å²) in [6.07, 6.45) is 1.32. The predicted octanol–water partition coefficient (Wildman–Crippen LogP) is 4.00. The molecule has 0 fully saturated rings. The van der Waals surface area contributed by atoms with Gasteiger partial charge in [0.05, 0.1) is 19.1 Å². The fourth-order valence-electron chi connectivity index (χ4n) is 3.99. The largest absolute Gasteiger partial charge is 0.497 e. The number of nitrogens with zero attached hydrogens (tertiary/aromatic N) is 2. The van der Waals surface area contributed by atoms with E-state index in [2.05, 4.69) is 21.2 Å². The lowest BCUT2D eigenvalue weighted by atomic mass is 10.0. The number of rotatable bonds is 12.